The predicted octanol–water partition coefficient (Wildman–Crippen LogP) is 4.78. The Hall–Kier alpha value is -3.30. The molecule has 0 bridgehead atoms. The number of aryl methyl sites for hydroxylation is 1. The second-order valence-corrected chi connectivity index (χ2v) is 5.78. The monoisotopic (exact) mass is 399 g/mol. The quantitative estimate of drug-likeness (QED) is 0.645. The van der Waals surface area contributed by atoms with E-state index in [2.05, 4.69) is 5.10 Å². The van der Waals surface area contributed by atoms with Crippen molar-refractivity contribution in [2.75, 3.05) is 5.32 Å². The van der Waals surface area contributed by atoms with E-state index in [1.54, 1.807) is 0 Å². The van der Waals surface area contributed by atoms with Crippen LogP contribution >= 0.6 is 0 Å². The van der Waals surface area contributed by atoms with E-state index in [-0.39, 0.29) is 16.8 Å². The minimum Gasteiger partial charge on any atom is -0.317 e. The molecule has 1 heterocycles. The van der Waals surface area contributed by atoms with Gasteiger partial charge in [0.2, 0.25) is 0 Å². The first kappa shape index (κ1) is 19.5. The van der Waals surface area contributed by atoms with Crippen LogP contribution in [0, 0.1) is 17.5 Å². The first-order valence-electron chi connectivity index (χ1n) is 7.74. The number of hydrogen-bond acceptors (Lipinski definition) is 2. The average molecular weight is 399 g/mol. The maximum absolute atomic E-state index is 14.4. The Kier molecular flexibility index (Phi) is 4.88. The van der Waals surface area contributed by atoms with Crippen molar-refractivity contribution in [1.82, 2.24) is 9.78 Å². The number of rotatable bonds is 3. The molecule has 4 nitrogen and oxygen atoms in total. The number of amides is 1. The van der Waals surface area contributed by atoms with Gasteiger partial charge in [0.1, 0.15) is 23.1 Å². The van der Waals surface area contributed by atoms with Crippen LogP contribution in [0.3, 0.4) is 0 Å². The number of nitrogens with zero attached hydrogens (tertiary/aromatic N) is 2. The standard InChI is InChI=1S/C18H11F6N3O/c1-27-14(8-15(26-27)18(22,23)24)10-6-5-9(7-13(10)21)17(28)25-16-11(19)3-2-4-12(16)20/h2-8H,1H3,(H,25,28). The van der Waals surface area contributed by atoms with E-state index in [1.807, 2.05) is 5.32 Å². The molecule has 0 atom stereocenters. The number of carbonyl (C=O) groups is 1. The third-order valence-corrected chi connectivity index (χ3v) is 3.88. The summed E-state index contributed by atoms with van der Waals surface area (Å²) in [6.07, 6.45) is -4.70. The van der Waals surface area contributed by atoms with Crippen molar-refractivity contribution < 1.29 is 31.1 Å². The molecule has 0 aliphatic heterocycles. The van der Waals surface area contributed by atoms with Gasteiger partial charge in [-0.1, -0.05) is 6.07 Å². The molecule has 146 valence electrons. The van der Waals surface area contributed by atoms with Crippen LogP contribution < -0.4 is 5.32 Å². The van der Waals surface area contributed by atoms with E-state index < -0.39 is 40.9 Å². The van der Waals surface area contributed by atoms with Crippen LogP contribution in [0.25, 0.3) is 11.3 Å². The van der Waals surface area contributed by atoms with Gasteiger partial charge in [-0.2, -0.15) is 18.3 Å². The van der Waals surface area contributed by atoms with Crippen LogP contribution in [0.2, 0.25) is 0 Å². The van der Waals surface area contributed by atoms with E-state index in [9.17, 15) is 31.1 Å². The van der Waals surface area contributed by atoms with E-state index >= 15 is 0 Å². The number of hydrogen-bond donors (Lipinski definition) is 1. The van der Waals surface area contributed by atoms with Crippen LogP contribution in [-0.4, -0.2) is 15.7 Å². The normalized spacial score (nSPS) is 11.5. The molecule has 0 fully saturated rings. The van der Waals surface area contributed by atoms with E-state index in [0.29, 0.717) is 6.07 Å². The molecule has 3 aromatic rings. The van der Waals surface area contributed by atoms with Gasteiger partial charge in [-0.3, -0.25) is 9.48 Å². The van der Waals surface area contributed by atoms with Gasteiger partial charge >= 0.3 is 6.18 Å². The van der Waals surface area contributed by atoms with Crippen molar-refractivity contribution in [2.24, 2.45) is 7.05 Å². The second kappa shape index (κ2) is 7.02. The molecule has 0 unspecified atom stereocenters. The summed E-state index contributed by atoms with van der Waals surface area (Å²) in [5.74, 6) is -4.02. The summed E-state index contributed by atoms with van der Waals surface area (Å²) in [6, 6.07) is 6.60. The van der Waals surface area contributed by atoms with Crippen LogP contribution in [0.5, 0.6) is 0 Å². The highest BCUT2D eigenvalue weighted by molar-refractivity contribution is 6.04. The highest BCUT2D eigenvalue weighted by Gasteiger charge is 2.35. The number of anilines is 1. The zero-order chi connectivity index (χ0) is 20.6. The predicted molar refractivity (Wildman–Crippen MR) is 87.9 cm³/mol. The fourth-order valence-corrected chi connectivity index (χ4v) is 2.52. The Morgan fingerprint density at radius 2 is 1.64 bits per heavy atom. The summed E-state index contributed by atoms with van der Waals surface area (Å²) in [6.45, 7) is 0. The fourth-order valence-electron chi connectivity index (χ4n) is 2.52. The SMILES string of the molecule is Cn1nc(C(F)(F)F)cc1-c1ccc(C(=O)Nc2c(F)cccc2F)cc1F. The molecule has 3 rings (SSSR count). The summed E-state index contributed by atoms with van der Waals surface area (Å²) in [5, 5.41) is 5.29. The van der Waals surface area contributed by atoms with E-state index in [4.69, 9.17) is 0 Å². The van der Waals surface area contributed by atoms with Crippen molar-refractivity contribution in [3.63, 3.8) is 0 Å². The lowest BCUT2D eigenvalue weighted by Crippen LogP contribution is -2.14. The van der Waals surface area contributed by atoms with Crippen LogP contribution in [0.4, 0.5) is 32.0 Å². The van der Waals surface area contributed by atoms with Crippen molar-refractivity contribution in [2.45, 2.75) is 6.18 Å². The molecule has 1 aromatic heterocycles. The lowest BCUT2D eigenvalue weighted by Gasteiger charge is -2.09. The molecule has 0 saturated heterocycles. The molecular formula is C18H11F6N3O. The Morgan fingerprint density at radius 3 is 2.18 bits per heavy atom. The lowest BCUT2D eigenvalue weighted by molar-refractivity contribution is -0.141. The molecular weight excluding hydrogens is 388 g/mol. The number of carbonyl (C=O) groups excluding carboxylic acids is 1. The maximum Gasteiger partial charge on any atom is 0.435 e. The highest BCUT2D eigenvalue weighted by atomic mass is 19.4. The maximum atomic E-state index is 14.4. The van der Waals surface area contributed by atoms with Crippen molar-refractivity contribution >= 4 is 11.6 Å². The number of alkyl halides is 3. The topological polar surface area (TPSA) is 46.9 Å². The third-order valence-electron chi connectivity index (χ3n) is 3.88. The molecule has 1 N–H and O–H groups in total. The number of halogens is 6. The summed E-state index contributed by atoms with van der Waals surface area (Å²) >= 11 is 0. The fraction of sp³-hybridized carbons (Fsp3) is 0.111. The summed E-state index contributed by atoms with van der Waals surface area (Å²) in [4.78, 5) is 12.1. The average Bonchev–Trinajstić information content (AvgIpc) is 3.00. The van der Waals surface area contributed by atoms with Gasteiger partial charge in [0.05, 0.1) is 5.69 Å². The van der Waals surface area contributed by atoms with Crippen molar-refractivity contribution in [1.29, 1.82) is 0 Å². The smallest absolute Gasteiger partial charge is 0.317 e. The molecule has 0 aliphatic rings. The van der Waals surface area contributed by atoms with Gasteiger partial charge in [-0.25, -0.2) is 13.2 Å². The minimum atomic E-state index is -4.70. The van der Waals surface area contributed by atoms with Gasteiger partial charge in [-0.05, 0) is 36.4 Å². The summed E-state index contributed by atoms with van der Waals surface area (Å²) in [7, 11) is 1.21. The van der Waals surface area contributed by atoms with Crippen LogP contribution in [-0.2, 0) is 13.2 Å². The molecule has 10 heteroatoms. The first-order chi connectivity index (χ1) is 13.1. The van der Waals surface area contributed by atoms with Crippen molar-refractivity contribution in [3.8, 4) is 11.3 Å². The number of nitrogens with one attached hydrogen (secondary N) is 1. The van der Waals surface area contributed by atoms with Gasteiger partial charge in [-0.15, -0.1) is 0 Å². The Morgan fingerprint density at radius 1 is 1.00 bits per heavy atom. The Labute approximate surface area is 154 Å². The molecule has 0 spiro atoms. The molecule has 0 saturated carbocycles. The van der Waals surface area contributed by atoms with Crippen molar-refractivity contribution in [3.05, 3.63) is 71.2 Å². The van der Waals surface area contributed by atoms with Crippen LogP contribution in [0.1, 0.15) is 16.1 Å². The zero-order valence-electron chi connectivity index (χ0n) is 14.1. The minimum absolute atomic E-state index is 0.156. The molecule has 2 aromatic carbocycles. The second-order valence-electron chi connectivity index (χ2n) is 5.78. The molecule has 1 amide bonds. The highest BCUT2D eigenvalue weighted by Crippen LogP contribution is 2.32. The molecule has 0 radical (unpaired) electrons. The number of benzene rings is 2. The first-order valence-corrected chi connectivity index (χ1v) is 7.74. The van der Waals surface area contributed by atoms with E-state index in [0.717, 1.165) is 41.1 Å². The summed E-state index contributed by atoms with van der Waals surface area (Å²) < 4.78 is 80.8. The zero-order valence-corrected chi connectivity index (χ0v) is 14.1. The van der Waals surface area contributed by atoms with Gasteiger partial charge in [0.25, 0.3) is 5.91 Å². The molecule has 28 heavy (non-hydrogen) atoms. The van der Waals surface area contributed by atoms with Crippen LogP contribution in [0.15, 0.2) is 42.5 Å². The van der Waals surface area contributed by atoms with E-state index in [1.165, 1.54) is 7.05 Å². The van der Waals surface area contributed by atoms with Gasteiger partial charge < -0.3 is 5.32 Å². The van der Waals surface area contributed by atoms with Gasteiger partial charge in [0.15, 0.2) is 5.69 Å². The number of para-hydroxylation sites is 1. The lowest BCUT2D eigenvalue weighted by atomic mass is 10.1. The largest absolute Gasteiger partial charge is 0.435 e. The third kappa shape index (κ3) is 3.71. The Balaban J connectivity index is 1.91. The van der Waals surface area contributed by atoms with Gasteiger partial charge in [0, 0.05) is 18.2 Å². The Bertz CT molecular complexity index is 1040. The molecule has 0 aliphatic carbocycles. The number of aromatic nitrogens is 2. The summed E-state index contributed by atoms with van der Waals surface area (Å²) in [5.41, 5.74) is -2.54.